The summed E-state index contributed by atoms with van der Waals surface area (Å²) < 4.78 is 1.67. The Morgan fingerprint density at radius 1 is 1.43 bits per heavy atom. The fourth-order valence-electron chi connectivity index (χ4n) is 1.20. The topological polar surface area (TPSA) is 82.5 Å². The number of hydrogen-bond acceptors (Lipinski definition) is 5. The van der Waals surface area contributed by atoms with Crippen molar-refractivity contribution in [3.05, 3.63) is 5.15 Å². The van der Waals surface area contributed by atoms with Gasteiger partial charge in [-0.3, -0.25) is 0 Å². The molecule has 0 bridgehead atoms. The first-order valence-electron chi connectivity index (χ1n) is 4.24. The molecule has 2 aromatic heterocycles. The Bertz CT molecular complexity index is 464. The molecular weight excluding hydrogens is 204 g/mol. The maximum Gasteiger partial charge on any atom is 0.223 e. The second-order valence-electron chi connectivity index (χ2n) is 2.86. The highest BCUT2D eigenvalue weighted by Crippen LogP contribution is 2.18. The van der Waals surface area contributed by atoms with Crippen LogP contribution in [0, 0.1) is 0 Å². The Hall–Kier alpha value is -1.43. The monoisotopic (exact) mass is 212 g/mol. The van der Waals surface area contributed by atoms with Crippen molar-refractivity contribution in [3.63, 3.8) is 0 Å². The van der Waals surface area contributed by atoms with Crippen LogP contribution in [0.3, 0.4) is 0 Å². The van der Waals surface area contributed by atoms with E-state index in [0.717, 1.165) is 13.0 Å². The molecule has 0 aromatic carbocycles. The van der Waals surface area contributed by atoms with Gasteiger partial charge in [0.25, 0.3) is 0 Å². The van der Waals surface area contributed by atoms with Crippen LogP contribution >= 0.6 is 11.6 Å². The average Bonchev–Trinajstić information content (AvgIpc) is 2.49. The molecule has 0 spiro atoms. The molecule has 2 N–H and O–H groups in total. The molecule has 0 amide bonds. The zero-order valence-corrected chi connectivity index (χ0v) is 8.36. The number of hydrogen-bond donors (Lipinski definition) is 1. The van der Waals surface area contributed by atoms with E-state index in [1.165, 1.54) is 0 Å². The molecule has 2 rings (SSSR count). The number of rotatable bonds is 2. The highest BCUT2D eigenvalue weighted by atomic mass is 35.5. The lowest BCUT2D eigenvalue weighted by Gasteiger charge is -1.98. The lowest BCUT2D eigenvalue weighted by molar-refractivity contribution is 0.591. The van der Waals surface area contributed by atoms with E-state index in [1.54, 1.807) is 4.68 Å². The molecule has 0 fully saturated rings. The summed E-state index contributed by atoms with van der Waals surface area (Å²) >= 11 is 5.83. The second kappa shape index (κ2) is 3.38. The first kappa shape index (κ1) is 9.14. The third kappa shape index (κ3) is 1.37. The van der Waals surface area contributed by atoms with Gasteiger partial charge in [-0.2, -0.15) is 9.97 Å². The SMILES string of the molecule is CCCn1nnc2c(Cl)nc(N)nc21. The van der Waals surface area contributed by atoms with Gasteiger partial charge in [-0.25, -0.2) is 4.68 Å². The van der Waals surface area contributed by atoms with Crippen molar-refractivity contribution in [1.82, 2.24) is 25.0 Å². The van der Waals surface area contributed by atoms with Gasteiger partial charge < -0.3 is 5.73 Å². The van der Waals surface area contributed by atoms with Gasteiger partial charge in [-0.15, -0.1) is 5.10 Å². The highest BCUT2D eigenvalue weighted by Gasteiger charge is 2.11. The number of nitrogen functional groups attached to an aromatic ring is 1. The zero-order valence-electron chi connectivity index (χ0n) is 7.61. The van der Waals surface area contributed by atoms with Crippen molar-refractivity contribution >= 4 is 28.7 Å². The number of aromatic nitrogens is 5. The van der Waals surface area contributed by atoms with E-state index < -0.39 is 0 Å². The van der Waals surface area contributed by atoms with Gasteiger partial charge in [0.2, 0.25) is 5.95 Å². The molecule has 0 aliphatic carbocycles. The number of nitrogens with zero attached hydrogens (tertiary/aromatic N) is 5. The van der Waals surface area contributed by atoms with Crippen molar-refractivity contribution < 1.29 is 0 Å². The number of aryl methyl sites for hydroxylation is 1. The molecule has 0 radical (unpaired) electrons. The summed E-state index contributed by atoms with van der Waals surface area (Å²) in [6.45, 7) is 2.78. The molecule has 0 aliphatic rings. The molecule has 0 aliphatic heterocycles. The lowest BCUT2D eigenvalue weighted by atomic mass is 10.5. The van der Waals surface area contributed by atoms with Gasteiger partial charge in [-0.1, -0.05) is 23.7 Å². The summed E-state index contributed by atoms with van der Waals surface area (Å²) in [6, 6.07) is 0. The maximum atomic E-state index is 5.83. The van der Waals surface area contributed by atoms with Crippen molar-refractivity contribution in [2.75, 3.05) is 5.73 Å². The van der Waals surface area contributed by atoms with Crippen LogP contribution in [0.25, 0.3) is 11.2 Å². The van der Waals surface area contributed by atoms with Crippen LogP contribution in [0.5, 0.6) is 0 Å². The van der Waals surface area contributed by atoms with Crippen molar-refractivity contribution in [2.45, 2.75) is 19.9 Å². The van der Waals surface area contributed by atoms with E-state index in [9.17, 15) is 0 Å². The minimum Gasteiger partial charge on any atom is -0.368 e. The molecule has 74 valence electrons. The predicted octanol–water partition coefficient (Wildman–Crippen LogP) is 0.867. The predicted molar refractivity (Wildman–Crippen MR) is 52.8 cm³/mol. The summed E-state index contributed by atoms with van der Waals surface area (Å²) in [6.07, 6.45) is 0.944. The Morgan fingerprint density at radius 2 is 2.21 bits per heavy atom. The summed E-state index contributed by atoms with van der Waals surface area (Å²) in [5.41, 5.74) is 6.56. The van der Waals surface area contributed by atoms with Gasteiger partial charge >= 0.3 is 0 Å². The fourth-order valence-corrected chi connectivity index (χ4v) is 1.41. The quantitative estimate of drug-likeness (QED) is 0.747. The van der Waals surface area contributed by atoms with E-state index in [0.29, 0.717) is 11.2 Å². The summed E-state index contributed by atoms with van der Waals surface area (Å²) in [4.78, 5) is 7.83. The van der Waals surface area contributed by atoms with Crippen LogP contribution < -0.4 is 5.73 Å². The van der Waals surface area contributed by atoms with Crippen molar-refractivity contribution in [3.8, 4) is 0 Å². The Kier molecular flexibility index (Phi) is 2.20. The van der Waals surface area contributed by atoms with Crippen molar-refractivity contribution in [1.29, 1.82) is 0 Å². The normalized spacial score (nSPS) is 11.0. The molecule has 6 nitrogen and oxygen atoms in total. The lowest BCUT2D eigenvalue weighted by Crippen LogP contribution is -2.02. The summed E-state index contributed by atoms with van der Waals surface area (Å²) in [5, 5.41) is 8.03. The maximum absolute atomic E-state index is 5.83. The van der Waals surface area contributed by atoms with Gasteiger partial charge in [0.15, 0.2) is 16.3 Å². The summed E-state index contributed by atoms with van der Waals surface area (Å²) in [7, 11) is 0. The molecule has 7 heteroatoms. The molecule has 0 saturated heterocycles. The van der Waals surface area contributed by atoms with Crippen LogP contribution in [0.2, 0.25) is 5.15 Å². The third-order valence-electron chi connectivity index (χ3n) is 1.77. The smallest absolute Gasteiger partial charge is 0.223 e. The number of anilines is 1. The van der Waals surface area contributed by atoms with Crippen LogP contribution in [-0.4, -0.2) is 25.0 Å². The summed E-state index contributed by atoms with van der Waals surface area (Å²) in [5.74, 6) is 0.141. The first-order valence-corrected chi connectivity index (χ1v) is 4.62. The standard InChI is InChI=1S/C7H9ClN6/c1-2-3-14-6-4(12-13-14)5(8)10-7(9)11-6/h2-3H2,1H3,(H2,9,10,11). The van der Waals surface area contributed by atoms with Crippen LogP contribution in [0.15, 0.2) is 0 Å². The van der Waals surface area contributed by atoms with E-state index in [4.69, 9.17) is 17.3 Å². The molecule has 14 heavy (non-hydrogen) atoms. The van der Waals surface area contributed by atoms with Crippen LogP contribution in [0.1, 0.15) is 13.3 Å². The largest absolute Gasteiger partial charge is 0.368 e. The Balaban J connectivity index is 2.66. The molecule has 0 unspecified atom stereocenters. The van der Waals surface area contributed by atoms with Gasteiger partial charge in [0.1, 0.15) is 0 Å². The van der Waals surface area contributed by atoms with Gasteiger partial charge in [-0.05, 0) is 6.42 Å². The number of halogens is 1. The van der Waals surface area contributed by atoms with E-state index in [-0.39, 0.29) is 11.1 Å². The molecule has 0 atom stereocenters. The Morgan fingerprint density at radius 3 is 2.93 bits per heavy atom. The molecule has 0 saturated carbocycles. The number of nitrogens with two attached hydrogens (primary N) is 1. The Labute approximate surface area is 85.1 Å². The van der Waals surface area contributed by atoms with E-state index >= 15 is 0 Å². The van der Waals surface area contributed by atoms with Crippen LogP contribution in [0.4, 0.5) is 5.95 Å². The van der Waals surface area contributed by atoms with Crippen LogP contribution in [-0.2, 0) is 6.54 Å². The van der Waals surface area contributed by atoms with E-state index in [1.807, 2.05) is 6.92 Å². The first-order chi connectivity index (χ1) is 6.72. The highest BCUT2D eigenvalue weighted by molar-refractivity contribution is 6.33. The average molecular weight is 213 g/mol. The zero-order chi connectivity index (χ0) is 10.1. The minimum absolute atomic E-state index is 0.141. The fraction of sp³-hybridized carbons (Fsp3) is 0.429. The van der Waals surface area contributed by atoms with Crippen molar-refractivity contribution in [2.24, 2.45) is 0 Å². The third-order valence-corrected chi connectivity index (χ3v) is 2.04. The van der Waals surface area contributed by atoms with Gasteiger partial charge in [0.05, 0.1) is 0 Å². The van der Waals surface area contributed by atoms with Gasteiger partial charge in [0, 0.05) is 6.54 Å². The minimum atomic E-state index is 0.141. The van der Waals surface area contributed by atoms with E-state index in [2.05, 4.69) is 20.3 Å². The second-order valence-corrected chi connectivity index (χ2v) is 3.22. The molecular formula is C7H9ClN6. The molecule has 2 aromatic rings. The number of fused-ring (bicyclic) bond motifs is 1. The molecule has 2 heterocycles.